The molecule has 0 atom stereocenters. The third kappa shape index (κ3) is 2.86. The van der Waals surface area contributed by atoms with Gasteiger partial charge in [0, 0.05) is 0 Å². The number of aryl methyl sites for hydroxylation is 2. The van der Waals surface area contributed by atoms with E-state index < -0.39 is 0 Å². The molecule has 2 heteroatoms. The van der Waals surface area contributed by atoms with Crippen LogP contribution in [0.1, 0.15) is 28.7 Å². The molecule has 0 radical (unpaired) electrons. The average molecular weight is 279 g/mol. The topological polar surface area (TPSA) is 32.3 Å². The fraction of sp³-hybridized carbons (Fsp3) is 0.263. The highest BCUT2D eigenvalue weighted by Gasteiger charge is 2.17. The fourth-order valence-corrected chi connectivity index (χ4v) is 3.03. The molecule has 1 aliphatic rings. The van der Waals surface area contributed by atoms with E-state index in [1.165, 1.54) is 27.8 Å². The van der Waals surface area contributed by atoms with Gasteiger partial charge in [0.15, 0.2) is 0 Å². The Morgan fingerprint density at radius 3 is 2.62 bits per heavy atom. The van der Waals surface area contributed by atoms with Crippen molar-refractivity contribution in [2.24, 2.45) is 0 Å². The Labute approximate surface area is 126 Å². The molecular formula is C19H21NO. The highest BCUT2D eigenvalue weighted by Crippen LogP contribution is 2.35. The molecule has 108 valence electrons. The molecule has 2 nitrogen and oxygen atoms in total. The first-order chi connectivity index (χ1) is 10.3. The van der Waals surface area contributed by atoms with Crippen molar-refractivity contribution in [2.45, 2.75) is 19.3 Å². The molecule has 2 N–H and O–H groups in total. The molecule has 0 fully saturated rings. The third-order valence-corrected chi connectivity index (χ3v) is 4.10. The molecule has 3 rings (SSSR count). The number of rotatable bonds is 3. The van der Waals surface area contributed by atoms with Crippen LogP contribution in [0.25, 0.3) is 5.57 Å². The molecule has 0 aromatic heterocycles. The summed E-state index contributed by atoms with van der Waals surface area (Å²) in [6, 6.07) is 14.4. The molecule has 1 aliphatic carbocycles. The number of phenolic OH excluding ortho intramolecular Hbond substituents is 1. The molecule has 0 bridgehead atoms. The second-order valence-corrected chi connectivity index (χ2v) is 5.51. The Kier molecular flexibility index (Phi) is 4.07. The number of aromatic hydroxyl groups is 1. The van der Waals surface area contributed by atoms with Gasteiger partial charge in [0.05, 0.1) is 0 Å². The van der Waals surface area contributed by atoms with E-state index in [0.29, 0.717) is 5.75 Å². The number of benzene rings is 2. The van der Waals surface area contributed by atoms with Gasteiger partial charge in [-0.25, -0.2) is 0 Å². The smallest absolute Gasteiger partial charge is 0.116 e. The summed E-state index contributed by atoms with van der Waals surface area (Å²) < 4.78 is 0. The number of nitrogens with one attached hydrogen (secondary N) is 1. The van der Waals surface area contributed by atoms with Crippen LogP contribution in [-0.2, 0) is 12.8 Å². The SMILES string of the molecule is CNCC/C=C1\c2ccccc2CCc2ccc(O)cc21. The van der Waals surface area contributed by atoms with E-state index in [4.69, 9.17) is 0 Å². The molecular weight excluding hydrogens is 258 g/mol. The summed E-state index contributed by atoms with van der Waals surface area (Å²) in [5.41, 5.74) is 6.45. The molecule has 2 aromatic carbocycles. The minimum absolute atomic E-state index is 0.340. The lowest BCUT2D eigenvalue weighted by atomic mass is 9.93. The van der Waals surface area contributed by atoms with E-state index in [-0.39, 0.29) is 0 Å². The van der Waals surface area contributed by atoms with Crippen LogP contribution in [0.5, 0.6) is 5.75 Å². The van der Waals surface area contributed by atoms with Gasteiger partial charge in [-0.3, -0.25) is 0 Å². The van der Waals surface area contributed by atoms with Gasteiger partial charge in [-0.2, -0.15) is 0 Å². The van der Waals surface area contributed by atoms with E-state index >= 15 is 0 Å². The standard InChI is InChI=1S/C19H21NO/c1-20-12-4-7-18-17-6-3-2-5-14(17)8-9-15-10-11-16(21)13-19(15)18/h2-3,5-7,10-11,13,20-21H,4,8-9,12H2,1H3/b18-7+. The summed E-state index contributed by atoms with van der Waals surface area (Å²) in [5.74, 6) is 0.340. The van der Waals surface area contributed by atoms with Crippen molar-refractivity contribution in [3.63, 3.8) is 0 Å². The lowest BCUT2D eigenvalue weighted by Gasteiger charge is -2.12. The van der Waals surface area contributed by atoms with E-state index in [2.05, 4.69) is 41.7 Å². The van der Waals surface area contributed by atoms with Crippen LogP contribution >= 0.6 is 0 Å². The van der Waals surface area contributed by atoms with Crippen LogP contribution in [0.4, 0.5) is 0 Å². The maximum atomic E-state index is 9.88. The zero-order chi connectivity index (χ0) is 14.7. The van der Waals surface area contributed by atoms with Crippen molar-refractivity contribution in [3.8, 4) is 5.75 Å². The Morgan fingerprint density at radius 1 is 1.05 bits per heavy atom. The first-order valence-electron chi connectivity index (χ1n) is 7.55. The summed E-state index contributed by atoms with van der Waals surface area (Å²) in [4.78, 5) is 0. The minimum atomic E-state index is 0.340. The number of fused-ring (bicyclic) bond motifs is 2. The van der Waals surface area contributed by atoms with E-state index in [1.807, 2.05) is 13.1 Å². The lowest BCUT2D eigenvalue weighted by Crippen LogP contribution is -2.06. The minimum Gasteiger partial charge on any atom is -0.508 e. The van der Waals surface area contributed by atoms with Gasteiger partial charge >= 0.3 is 0 Å². The third-order valence-electron chi connectivity index (χ3n) is 4.10. The van der Waals surface area contributed by atoms with E-state index in [1.54, 1.807) is 6.07 Å². The summed E-state index contributed by atoms with van der Waals surface area (Å²) >= 11 is 0. The molecule has 0 heterocycles. The van der Waals surface area contributed by atoms with Gasteiger partial charge in [-0.15, -0.1) is 0 Å². The first-order valence-corrected chi connectivity index (χ1v) is 7.55. The Morgan fingerprint density at radius 2 is 1.81 bits per heavy atom. The number of hydrogen-bond acceptors (Lipinski definition) is 2. The van der Waals surface area contributed by atoms with Crippen LogP contribution in [0.15, 0.2) is 48.5 Å². The summed E-state index contributed by atoms with van der Waals surface area (Å²) in [7, 11) is 1.97. The quantitative estimate of drug-likeness (QED) is 0.842. The van der Waals surface area contributed by atoms with Crippen LogP contribution in [0, 0.1) is 0 Å². The van der Waals surface area contributed by atoms with Gasteiger partial charge in [-0.1, -0.05) is 36.4 Å². The monoisotopic (exact) mass is 279 g/mol. The molecule has 0 amide bonds. The van der Waals surface area contributed by atoms with Crippen molar-refractivity contribution in [1.82, 2.24) is 5.32 Å². The number of phenols is 1. The molecule has 0 saturated carbocycles. The highest BCUT2D eigenvalue weighted by molar-refractivity contribution is 5.84. The highest BCUT2D eigenvalue weighted by atomic mass is 16.3. The van der Waals surface area contributed by atoms with Gasteiger partial charge in [-0.05, 0) is 72.8 Å². The average Bonchev–Trinajstić information content (AvgIpc) is 2.65. The van der Waals surface area contributed by atoms with Crippen molar-refractivity contribution in [3.05, 3.63) is 70.8 Å². The largest absolute Gasteiger partial charge is 0.508 e. The molecule has 21 heavy (non-hydrogen) atoms. The van der Waals surface area contributed by atoms with Crippen LogP contribution in [-0.4, -0.2) is 18.7 Å². The maximum absolute atomic E-state index is 9.88. The Balaban J connectivity index is 2.14. The van der Waals surface area contributed by atoms with Crippen LogP contribution in [0.2, 0.25) is 0 Å². The molecule has 0 aliphatic heterocycles. The van der Waals surface area contributed by atoms with Gasteiger partial charge in [0.1, 0.15) is 5.75 Å². The van der Waals surface area contributed by atoms with Crippen LogP contribution < -0.4 is 5.32 Å². The van der Waals surface area contributed by atoms with Crippen molar-refractivity contribution < 1.29 is 5.11 Å². The second kappa shape index (κ2) is 6.15. The van der Waals surface area contributed by atoms with E-state index in [0.717, 1.165) is 25.8 Å². The predicted molar refractivity (Wildman–Crippen MR) is 87.6 cm³/mol. The summed E-state index contributed by atoms with van der Waals surface area (Å²) in [5, 5.41) is 13.1. The molecule has 0 spiro atoms. The molecule has 0 unspecified atom stereocenters. The summed E-state index contributed by atoms with van der Waals surface area (Å²) in [6.07, 6.45) is 5.35. The second-order valence-electron chi connectivity index (χ2n) is 5.51. The fourth-order valence-electron chi connectivity index (χ4n) is 3.03. The first kappa shape index (κ1) is 13.9. The predicted octanol–water partition coefficient (Wildman–Crippen LogP) is 3.53. The number of hydrogen-bond donors (Lipinski definition) is 2. The van der Waals surface area contributed by atoms with E-state index in [9.17, 15) is 5.11 Å². The van der Waals surface area contributed by atoms with Crippen molar-refractivity contribution in [1.29, 1.82) is 0 Å². The van der Waals surface area contributed by atoms with Crippen LogP contribution in [0.3, 0.4) is 0 Å². The molecule has 2 aromatic rings. The van der Waals surface area contributed by atoms with Crippen molar-refractivity contribution in [2.75, 3.05) is 13.6 Å². The zero-order valence-corrected chi connectivity index (χ0v) is 12.4. The van der Waals surface area contributed by atoms with Crippen molar-refractivity contribution >= 4 is 5.57 Å². The lowest BCUT2D eigenvalue weighted by molar-refractivity contribution is 0.475. The molecule has 0 saturated heterocycles. The van der Waals surface area contributed by atoms with Gasteiger partial charge < -0.3 is 10.4 Å². The van der Waals surface area contributed by atoms with Gasteiger partial charge in [0.25, 0.3) is 0 Å². The Hall–Kier alpha value is -2.06. The normalized spacial score (nSPS) is 15.4. The Bertz CT molecular complexity index is 673. The zero-order valence-electron chi connectivity index (χ0n) is 12.4. The van der Waals surface area contributed by atoms with Gasteiger partial charge in [0.2, 0.25) is 0 Å². The summed E-state index contributed by atoms with van der Waals surface area (Å²) in [6.45, 7) is 0.958. The maximum Gasteiger partial charge on any atom is 0.116 e.